The molecule has 2 aromatic rings. The molecule has 3 rings (SSSR count). The maximum Gasteiger partial charge on any atom is 0.150 e. The number of nitrogens with two attached hydrogens (primary N) is 1. The molecule has 2 unspecified atom stereocenters. The van der Waals surface area contributed by atoms with Crippen molar-refractivity contribution in [2.24, 2.45) is 5.92 Å². The summed E-state index contributed by atoms with van der Waals surface area (Å²) in [4.78, 5) is 6.45. The predicted octanol–water partition coefficient (Wildman–Crippen LogP) is 3.97. The number of nitrogen functional groups attached to an aromatic ring is 1. The van der Waals surface area contributed by atoms with Crippen molar-refractivity contribution in [2.45, 2.75) is 38.6 Å². The molecule has 21 heavy (non-hydrogen) atoms. The molecule has 1 aromatic carbocycles. The lowest BCUT2D eigenvalue weighted by molar-refractivity contribution is 0.335. The van der Waals surface area contributed by atoms with E-state index in [-0.39, 0.29) is 5.82 Å². The average Bonchev–Trinajstić information content (AvgIpc) is 2.47. The van der Waals surface area contributed by atoms with Crippen LogP contribution in [-0.2, 0) is 0 Å². The number of aromatic nitrogens is 1. The van der Waals surface area contributed by atoms with Crippen LogP contribution in [0.3, 0.4) is 0 Å². The zero-order chi connectivity index (χ0) is 15.0. The Kier molecular flexibility index (Phi) is 3.70. The van der Waals surface area contributed by atoms with Gasteiger partial charge in [-0.2, -0.15) is 0 Å². The van der Waals surface area contributed by atoms with Crippen molar-refractivity contribution >= 4 is 22.3 Å². The van der Waals surface area contributed by atoms with Crippen molar-refractivity contribution in [2.75, 3.05) is 17.7 Å². The highest BCUT2D eigenvalue weighted by Gasteiger charge is 2.26. The number of fused-ring (bicyclic) bond motifs is 1. The third-order valence-electron chi connectivity index (χ3n) is 4.66. The normalized spacial score (nSPS) is 22.4. The van der Waals surface area contributed by atoms with Crippen LogP contribution in [0.5, 0.6) is 0 Å². The second kappa shape index (κ2) is 5.51. The van der Waals surface area contributed by atoms with Gasteiger partial charge in [0.05, 0.1) is 11.2 Å². The van der Waals surface area contributed by atoms with E-state index in [1.807, 2.05) is 19.2 Å². The summed E-state index contributed by atoms with van der Waals surface area (Å²) in [5.41, 5.74) is 7.62. The molecule has 0 spiro atoms. The SMILES string of the molecule is CC1CCCC(N(C)c2c(F)cc(N)c3cccnc23)C1. The van der Waals surface area contributed by atoms with Gasteiger partial charge in [-0.3, -0.25) is 4.98 Å². The van der Waals surface area contributed by atoms with Gasteiger partial charge in [-0.05, 0) is 37.0 Å². The molecule has 1 aromatic heterocycles. The van der Waals surface area contributed by atoms with Crippen LogP contribution in [0.15, 0.2) is 24.4 Å². The van der Waals surface area contributed by atoms with E-state index >= 15 is 0 Å². The van der Waals surface area contributed by atoms with Gasteiger partial charge in [-0.1, -0.05) is 19.8 Å². The Hall–Kier alpha value is -1.84. The standard InChI is InChI=1S/C17H22FN3/c1-11-5-3-6-12(9-11)21(2)17-14(18)10-15(19)13-7-4-8-20-16(13)17/h4,7-8,10-12H,3,5-6,9,19H2,1-2H3. The Labute approximate surface area is 125 Å². The van der Waals surface area contributed by atoms with Crippen molar-refractivity contribution in [3.63, 3.8) is 0 Å². The predicted molar refractivity (Wildman–Crippen MR) is 85.9 cm³/mol. The van der Waals surface area contributed by atoms with Gasteiger partial charge in [-0.25, -0.2) is 4.39 Å². The van der Waals surface area contributed by atoms with E-state index in [0.29, 0.717) is 28.9 Å². The monoisotopic (exact) mass is 287 g/mol. The molecule has 1 aliphatic carbocycles. The zero-order valence-corrected chi connectivity index (χ0v) is 12.6. The van der Waals surface area contributed by atoms with Gasteiger partial charge in [0, 0.05) is 30.4 Å². The molecule has 0 aliphatic heterocycles. The van der Waals surface area contributed by atoms with E-state index < -0.39 is 0 Å². The number of hydrogen-bond acceptors (Lipinski definition) is 3. The average molecular weight is 287 g/mol. The van der Waals surface area contributed by atoms with Crippen molar-refractivity contribution in [1.29, 1.82) is 0 Å². The molecule has 1 fully saturated rings. The Morgan fingerprint density at radius 1 is 1.38 bits per heavy atom. The molecule has 1 heterocycles. The van der Waals surface area contributed by atoms with Crippen molar-refractivity contribution in [1.82, 2.24) is 4.98 Å². The molecule has 3 nitrogen and oxygen atoms in total. The Morgan fingerprint density at radius 3 is 2.95 bits per heavy atom. The van der Waals surface area contributed by atoms with E-state index in [1.54, 1.807) is 6.20 Å². The van der Waals surface area contributed by atoms with Crippen LogP contribution in [0.25, 0.3) is 10.9 Å². The Morgan fingerprint density at radius 2 is 2.19 bits per heavy atom. The third kappa shape index (κ3) is 2.55. The molecule has 1 saturated carbocycles. The molecule has 2 N–H and O–H groups in total. The highest BCUT2D eigenvalue weighted by Crippen LogP contribution is 2.36. The van der Waals surface area contributed by atoms with E-state index in [2.05, 4.69) is 16.8 Å². The van der Waals surface area contributed by atoms with Crippen molar-refractivity contribution < 1.29 is 4.39 Å². The van der Waals surface area contributed by atoms with Crippen molar-refractivity contribution in [3.8, 4) is 0 Å². The number of halogens is 1. The second-order valence-corrected chi connectivity index (χ2v) is 6.23. The first-order valence-corrected chi connectivity index (χ1v) is 7.63. The molecule has 1 aliphatic rings. The summed E-state index contributed by atoms with van der Waals surface area (Å²) >= 11 is 0. The van der Waals surface area contributed by atoms with E-state index in [4.69, 9.17) is 5.73 Å². The molecule has 0 amide bonds. The van der Waals surface area contributed by atoms with Gasteiger partial charge in [0.2, 0.25) is 0 Å². The van der Waals surface area contributed by atoms with E-state index in [9.17, 15) is 4.39 Å². The summed E-state index contributed by atoms with van der Waals surface area (Å²) in [5, 5.41) is 0.824. The zero-order valence-electron chi connectivity index (χ0n) is 12.6. The first kappa shape index (κ1) is 14.1. The molecule has 4 heteroatoms. The fraction of sp³-hybridized carbons (Fsp3) is 0.471. The van der Waals surface area contributed by atoms with Crippen LogP contribution < -0.4 is 10.6 Å². The molecule has 2 atom stereocenters. The molecule has 0 radical (unpaired) electrons. The maximum atomic E-state index is 14.5. The topological polar surface area (TPSA) is 42.1 Å². The van der Waals surface area contributed by atoms with Crippen LogP contribution in [0, 0.1) is 11.7 Å². The number of anilines is 2. The minimum atomic E-state index is -0.278. The van der Waals surface area contributed by atoms with Crippen LogP contribution in [0.2, 0.25) is 0 Å². The molecule has 112 valence electrons. The lowest BCUT2D eigenvalue weighted by atomic mass is 9.86. The highest BCUT2D eigenvalue weighted by molar-refractivity contribution is 5.98. The molecule has 0 bridgehead atoms. The van der Waals surface area contributed by atoms with Gasteiger partial charge in [-0.15, -0.1) is 0 Å². The summed E-state index contributed by atoms with van der Waals surface area (Å²) in [6.45, 7) is 2.27. The van der Waals surface area contributed by atoms with Crippen LogP contribution >= 0.6 is 0 Å². The van der Waals surface area contributed by atoms with Gasteiger partial charge in [0.1, 0.15) is 0 Å². The summed E-state index contributed by atoms with van der Waals surface area (Å²) in [6.07, 6.45) is 6.39. The third-order valence-corrected chi connectivity index (χ3v) is 4.66. The second-order valence-electron chi connectivity index (χ2n) is 6.23. The first-order valence-electron chi connectivity index (χ1n) is 7.63. The molecular formula is C17H22FN3. The number of pyridine rings is 1. The smallest absolute Gasteiger partial charge is 0.150 e. The summed E-state index contributed by atoms with van der Waals surface area (Å²) in [5.74, 6) is 0.418. The van der Waals surface area contributed by atoms with Crippen LogP contribution in [0.1, 0.15) is 32.6 Å². The van der Waals surface area contributed by atoms with E-state index in [0.717, 1.165) is 18.2 Å². The number of rotatable bonds is 2. The summed E-state index contributed by atoms with van der Waals surface area (Å²) in [7, 11) is 1.98. The number of hydrogen-bond donors (Lipinski definition) is 1. The Balaban J connectivity index is 2.07. The minimum Gasteiger partial charge on any atom is -0.398 e. The first-order chi connectivity index (χ1) is 10.1. The fourth-order valence-corrected chi connectivity index (χ4v) is 3.49. The Bertz CT molecular complexity index is 656. The lowest BCUT2D eigenvalue weighted by Gasteiger charge is -2.36. The highest BCUT2D eigenvalue weighted by atomic mass is 19.1. The number of benzene rings is 1. The van der Waals surface area contributed by atoms with Gasteiger partial charge < -0.3 is 10.6 Å². The van der Waals surface area contributed by atoms with Gasteiger partial charge in [0.25, 0.3) is 0 Å². The summed E-state index contributed by atoms with van der Waals surface area (Å²) < 4.78 is 14.5. The van der Waals surface area contributed by atoms with Gasteiger partial charge in [0.15, 0.2) is 5.82 Å². The van der Waals surface area contributed by atoms with Crippen LogP contribution in [-0.4, -0.2) is 18.1 Å². The quantitative estimate of drug-likeness (QED) is 0.850. The number of nitrogens with zero attached hydrogens (tertiary/aromatic N) is 2. The fourth-order valence-electron chi connectivity index (χ4n) is 3.49. The maximum absolute atomic E-state index is 14.5. The lowest BCUT2D eigenvalue weighted by Crippen LogP contribution is -2.36. The van der Waals surface area contributed by atoms with Crippen LogP contribution in [0.4, 0.5) is 15.8 Å². The largest absolute Gasteiger partial charge is 0.398 e. The molecular weight excluding hydrogens is 265 g/mol. The van der Waals surface area contributed by atoms with Gasteiger partial charge >= 0.3 is 0 Å². The summed E-state index contributed by atoms with van der Waals surface area (Å²) in [6, 6.07) is 5.53. The van der Waals surface area contributed by atoms with E-state index in [1.165, 1.54) is 18.9 Å². The molecule has 0 saturated heterocycles. The van der Waals surface area contributed by atoms with Crippen molar-refractivity contribution in [3.05, 3.63) is 30.2 Å². The minimum absolute atomic E-state index is 0.278.